The summed E-state index contributed by atoms with van der Waals surface area (Å²) < 4.78 is 8.74. The van der Waals surface area contributed by atoms with E-state index in [-0.39, 0.29) is 5.97 Å². The number of rotatable bonds is 5. The molecule has 0 fully saturated rings. The molecule has 6 nitrogen and oxygen atoms in total. The van der Waals surface area contributed by atoms with E-state index in [1.165, 1.54) is 18.4 Å². The lowest BCUT2D eigenvalue weighted by molar-refractivity contribution is -0.753. The van der Waals surface area contributed by atoms with Crippen LogP contribution in [0.25, 0.3) is 10.6 Å². The van der Waals surface area contributed by atoms with Crippen LogP contribution in [0.3, 0.4) is 0 Å². The van der Waals surface area contributed by atoms with Crippen molar-refractivity contribution in [2.45, 2.75) is 13.0 Å². The standard InChI is InChI=1S/C12H17N4O2S/c1-15-7-9(8-16(15)5-3-4-13)11-14-6-10(19-11)12(17)18-2/h6-8H,3-5,13H2,1-2H3/q+1. The predicted molar refractivity (Wildman–Crippen MR) is 71.7 cm³/mol. The molecule has 19 heavy (non-hydrogen) atoms. The lowest BCUT2D eigenvalue weighted by Gasteiger charge is -1.96. The van der Waals surface area contributed by atoms with Gasteiger partial charge in [0.25, 0.3) is 0 Å². The number of aromatic nitrogens is 3. The van der Waals surface area contributed by atoms with Gasteiger partial charge in [0.2, 0.25) is 6.20 Å². The second-order valence-corrected chi connectivity index (χ2v) is 5.14. The van der Waals surface area contributed by atoms with Crippen molar-refractivity contribution >= 4 is 17.3 Å². The Hall–Kier alpha value is -1.73. The number of nitrogens with zero attached hydrogens (tertiary/aromatic N) is 3. The van der Waals surface area contributed by atoms with Crippen molar-refractivity contribution in [3.05, 3.63) is 23.5 Å². The molecule has 7 heteroatoms. The number of thiazole rings is 1. The highest BCUT2D eigenvalue weighted by molar-refractivity contribution is 7.16. The summed E-state index contributed by atoms with van der Waals surface area (Å²) in [5.74, 6) is -0.351. The first-order valence-corrected chi connectivity index (χ1v) is 6.78. The largest absolute Gasteiger partial charge is 0.465 e. The van der Waals surface area contributed by atoms with Gasteiger partial charge in [-0.15, -0.1) is 16.0 Å². The number of aryl methyl sites for hydroxylation is 2. The summed E-state index contributed by atoms with van der Waals surface area (Å²) in [5, 5.41) is 0.808. The summed E-state index contributed by atoms with van der Waals surface area (Å²) in [5.41, 5.74) is 6.50. The highest BCUT2D eigenvalue weighted by atomic mass is 32.1. The number of hydrogen-bond acceptors (Lipinski definition) is 5. The number of nitrogens with two attached hydrogens (primary N) is 1. The number of esters is 1. The van der Waals surface area contributed by atoms with Crippen LogP contribution in [0.5, 0.6) is 0 Å². The van der Waals surface area contributed by atoms with Gasteiger partial charge in [0.1, 0.15) is 9.88 Å². The predicted octanol–water partition coefficient (Wildman–Crippen LogP) is 0.572. The molecule has 2 heterocycles. The molecule has 0 unspecified atom stereocenters. The summed E-state index contributed by atoms with van der Waals surface area (Å²) in [6, 6.07) is 0. The van der Waals surface area contributed by atoms with Gasteiger partial charge in [0.15, 0.2) is 7.05 Å². The van der Waals surface area contributed by atoms with Crippen molar-refractivity contribution in [2.75, 3.05) is 13.7 Å². The lowest BCUT2D eigenvalue weighted by atomic mass is 10.4. The summed E-state index contributed by atoms with van der Waals surface area (Å²) >= 11 is 1.33. The Morgan fingerprint density at radius 3 is 3.11 bits per heavy atom. The number of hydrogen-bond donors (Lipinski definition) is 1. The summed E-state index contributed by atoms with van der Waals surface area (Å²) in [4.78, 5) is 16.2. The van der Waals surface area contributed by atoms with Gasteiger partial charge in [-0.1, -0.05) is 0 Å². The molecule has 0 aliphatic rings. The minimum Gasteiger partial charge on any atom is -0.465 e. The Morgan fingerprint density at radius 1 is 1.63 bits per heavy atom. The molecule has 2 rings (SSSR count). The van der Waals surface area contributed by atoms with Gasteiger partial charge in [-0.05, 0) is 13.0 Å². The Kier molecular flexibility index (Phi) is 4.28. The van der Waals surface area contributed by atoms with E-state index in [1.807, 2.05) is 24.1 Å². The topological polar surface area (TPSA) is 74.0 Å². The number of methoxy groups -OCH3 is 1. The molecule has 0 bridgehead atoms. The maximum Gasteiger partial charge on any atom is 0.349 e. The van der Waals surface area contributed by atoms with Crippen LogP contribution >= 0.6 is 11.3 Å². The van der Waals surface area contributed by atoms with E-state index in [0.29, 0.717) is 11.4 Å². The zero-order valence-corrected chi connectivity index (χ0v) is 11.8. The van der Waals surface area contributed by atoms with Crippen LogP contribution in [0.2, 0.25) is 0 Å². The van der Waals surface area contributed by atoms with Crippen molar-refractivity contribution in [3.63, 3.8) is 0 Å². The molecule has 2 aromatic heterocycles. The van der Waals surface area contributed by atoms with E-state index < -0.39 is 0 Å². The molecule has 0 spiro atoms. The fourth-order valence-corrected chi connectivity index (χ4v) is 2.56. The van der Waals surface area contributed by atoms with Crippen molar-refractivity contribution in [3.8, 4) is 10.6 Å². The van der Waals surface area contributed by atoms with E-state index in [2.05, 4.69) is 14.4 Å². The molecule has 2 aromatic rings. The summed E-state index contributed by atoms with van der Waals surface area (Å²) in [7, 11) is 3.33. The van der Waals surface area contributed by atoms with Crippen molar-refractivity contribution in [2.24, 2.45) is 12.8 Å². The third kappa shape index (κ3) is 2.99. The van der Waals surface area contributed by atoms with Crippen LogP contribution in [-0.2, 0) is 18.3 Å². The minimum atomic E-state index is -0.351. The van der Waals surface area contributed by atoms with Crippen LogP contribution in [0.15, 0.2) is 18.6 Å². The molecule has 0 aliphatic heterocycles. The van der Waals surface area contributed by atoms with Crippen LogP contribution in [0, 0.1) is 0 Å². The van der Waals surface area contributed by atoms with Crippen molar-refractivity contribution in [1.82, 2.24) is 9.67 Å². The second-order valence-electron chi connectivity index (χ2n) is 4.11. The maximum absolute atomic E-state index is 11.4. The number of carbonyl (C=O) groups is 1. The first kappa shape index (κ1) is 13.7. The average Bonchev–Trinajstić information content (AvgIpc) is 3.02. The molecule has 0 aliphatic carbocycles. The van der Waals surface area contributed by atoms with E-state index >= 15 is 0 Å². The number of ether oxygens (including phenoxy) is 1. The molecule has 102 valence electrons. The Balaban J connectivity index is 2.22. The molecule has 0 aromatic carbocycles. The quantitative estimate of drug-likeness (QED) is 0.642. The summed E-state index contributed by atoms with van der Waals surface area (Å²) in [6.45, 7) is 1.53. The first-order chi connectivity index (χ1) is 9.15. The minimum absolute atomic E-state index is 0.351. The third-order valence-corrected chi connectivity index (χ3v) is 3.78. The molecule has 2 N–H and O–H groups in total. The van der Waals surface area contributed by atoms with Crippen LogP contribution in [0.4, 0.5) is 0 Å². The van der Waals surface area contributed by atoms with Gasteiger partial charge in [-0.2, -0.15) is 4.68 Å². The van der Waals surface area contributed by atoms with Gasteiger partial charge >= 0.3 is 5.97 Å². The zero-order valence-electron chi connectivity index (χ0n) is 11.0. The summed E-state index contributed by atoms with van der Waals surface area (Å²) in [6.07, 6.45) is 6.46. The lowest BCUT2D eigenvalue weighted by Crippen LogP contribution is -2.38. The zero-order chi connectivity index (χ0) is 13.8. The van der Waals surface area contributed by atoms with E-state index in [1.54, 1.807) is 6.20 Å². The van der Waals surface area contributed by atoms with Crippen LogP contribution < -0.4 is 10.4 Å². The molecule has 0 saturated carbocycles. The average molecular weight is 281 g/mol. The second kappa shape index (κ2) is 5.94. The van der Waals surface area contributed by atoms with Gasteiger partial charge < -0.3 is 10.5 Å². The maximum atomic E-state index is 11.4. The fourth-order valence-electron chi connectivity index (χ4n) is 1.75. The molecular formula is C12H17N4O2S+. The van der Waals surface area contributed by atoms with E-state index in [9.17, 15) is 4.79 Å². The van der Waals surface area contributed by atoms with Crippen molar-refractivity contribution in [1.29, 1.82) is 0 Å². The van der Waals surface area contributed by atoms with Gasteiger partial charge in [0, 0.05) is 0 Å². The normalized spacial score (nSPS) is 10.7. The molecule has 0 saturated heterocycles. The monoisotopic (exact) mass is 281 g/mol. The molecule has 0 atom stereocenters. The first-order valence-electron chi connectivity index (χ1n) is 5.96. The smallest absolute Gasteiger partial charge is 0.349 e. The highest BCUT2D eigenvalue weighted by Gasteiger charge is 2.16. The molecular weight excluding hydrogens is 264 g/mol. The number of carbonyl (C=O) groups excluding carboxylic acids is 1. The molecule has 0 radical (unpaired) electrons. The van der Waals surface area contributed by atoms with Gasteiger partial charge in [0.05, 0.1) is 31.6 Å². The van der Waals surface area contributed by atoms with Crippen molar-refractivity contribution < 1.29 is 14.2 Å². The van der Waals surface area contributed by atoms with Crippen LogP contribution in [-0.4, -0.2) is 29.3 Å². The van der Waals surface area contributed by atoms with Gasteiger partial charge in [-0.3, -0.25) is 0 Å². The van der Waals surface area contributed by atoms with E-state index in [0.717, 1.165) is 23.5 Å². The fraction of sp³-hybridized carbons (Fsp3) is 0.417. The Morgan fingerprint density at radius 2 is 2.42 bits per heavy atom. The van der Waals surface area contributed by atoms with E-state index in [4.69, 9.17) is 5.73 Å². The SMILES string of the molecule is COC(=O)c1cnc(-c2cn(CCCN)[n+](C)c2)s1. The molecule has 0 amide bonds. The Bertz CT molecular complexity index is 576. The van der Waals surface area contributed by atoms with Crippen LogP contribution in [0.1, 0.15) is 16.1 Å². The van der Waals surface area contributed by atoms with Gasteiger partial charge in [-0.25, -0.2) is 9.78 Å². The highest BCUT2D eigenvalue weighted by Crippen LogP contribution is 2.24. The third-order valence-electron chi connectivity index (χ3n) is 2.75. The Labute approximate surface area is 115 Å².